The van der Waals surface area contributed by atoms with Gasteiger partial charge in [-0.05, 0) is 48.6 Å². The van der Waals surface area contributed by atoms with Crippen LogP contribution in [0.2, 0.25) is 5.02 Å². The largest absolute Gasteiger partial charge is 0.457 e. The predicted molar refractivity (Wildman–Crippen MR) is 143 cm³/mol. The van der Waals surface area contributed by atoms with Gasteiger partial charge in [-0.3, -0.25) is 14.9 Å². The number of rotatable bonds is 5. The first kappa shape index (κ1) is 24.5. The van der Waals surface area contributed by atoms with Crippen molar-refractivity contribution >= 4 is 58.2 Å². The number of piperazine rings is 1. The van der Waals surface area contributed by atoms with Gasteiger partial charge in [-0.1, -0.05) is 41.9 Å². The first-order valence-corrected chi connectivity index (χ1v) is 11.9. The second kappa shape index (κ2) is 11.2. The van der Waals surface area contributed by atoms with Crippen molar-refractivity contribution < 1.29 is 14.0 Å². The molecule has 0 atom stereocenters. The van der Waals surface area contributed by atoms with E-state index < -0.39 is 0 Å². The van der Waals surface area contributed by atoms with Gasteiger partial charge in [0.15, 0.2) is 5.11 Å². The third-order valence-corrected chi connectivity index (χ3v) is 6.10. The minimum absolute atomic E-state index is 0.0850. The Hall–Kier alpha value is -3.62. The Balaban J connectivity index is 1.29. The van der Waals surface area contributed by atoms with Crippen LogP contribution in [0.15, 0.2) is 71.2 Å². The molecule has 9 heteroatoms. The van der Waals surface area contributed by atoms with Crippen molar-refractivity contribution in [2.24, 2.45) is 0 Å². The highest BCUT2D eigenvalue weighted by Gasteiger charge is 2.20. The Kier molecular flexibility index (Phi) is 7.84. The fourth-order valence-electron chi connectivity index (χ4n) is 3.78. The third-order valence-electron chi connectivity index (χ3n) is 5.59. The first-order valence-electron chi connectivity index (χ1n) is 11.1. The maximum absolute atomic E-state index is 12.3. The molecule has 1 saturated heterocycles. The number of carbonyl (C=O) groups excluding carboxylic acids is 2. The monoisotopic (exact) mass is 508 g/mol. The van der Waals surface area contributed by atoms with Gasteiger partial charge in [0.1, 0.15) is 11.5 Å². The number of halogens is 1. The van der Waals surface area contributed by atoms with E-state index in [2.05, 4.69) is 15.5 Å². The molecule has 1 aliphatic rings. The van der Waals surface area contributed by atoms with Gasteiger partial charge in [-0.2, -0.15) is 0 Å². The van der Waals surface area contributed by atoms with E-state index in [1.165, 1.54) is 6.08 Å². The quantitative estimate of drug-likeness (QED) is 0.381. The molecule has 2 heterocycles. The molecule has 1 fully saturated rings. The molecule has 0 saturated carbocycles. The van der Waals surface area contributed by atoms with E-state index in [0.717, 1.165) is 30.1 Å². The van der Waals surface area contributed by atoms with E-state index in [1.54, 1.807) is 25.1 Å². The van der Waals surface area contributed by atoms with Crippen molar-refractivity contribution in [3.63, 3.8) is 0 Å². The Bertz CT molecular complexity index is 1250. The standard InChI is InChI=1S/C26H25ClN4O3S/c1-18(32)30-13-15-31(16-14-30)23-10-7-20(17-22(23)27)28-26(35)29-25(33)12-9-21-8-11-24(34-21)19-5-3-2-4-6-19/h2-12,17H,13-16H2,1H3,(H2,28,29,33,35)/b12-9+. The maximum Gasteiger partial charge on any atom is 0.250 e. The fraction of sp³-hybridized carbons (Fsp3) is 0.192. The highest BCUT2D eigenvalue weighted by molar-refractivity contribution is 7.80. The van der Waals surface area contributed by atoms with E-state index in [-0.39, 0.29) is 16.9 Å². The fourth-order valence-corrected chi connectivity index (χ4v) is 4.30. The molecule has 0 spiro atoms. The van der Waals surface area contributed by atoms with Crippen molar-refractivity contribution in [1.29, 1.82) is 0 Å². The number of carbonyl (C=O) groups is 2. The molecule has 1 aliphatic heterocycles. The zero-order valence-electron chi connectivity index (χ0n) is 19.2. The van der Waals surface area contributed by atoms with Crippen LogP contribution in [-0.4, -0.2) is 48.0 Å². The van der Waals surface area contributed by atoms with Crippen LogP contribution >= 0.6 is 23.8 Å². The molecular weight excluding hydrogens is 484 g/mol. The molecule has 180 valence electrons. The van der Waals surface area contributed by atoms with Crippen LogP contribution in [0.1, 0.15) is 12.7 Å². The zero-order valence-corrected chi connectivity index (χ0v) is 20.7. The average molecular weight is 509 g/mol. The number of amides is 2. The van der Waals surface area contributed by atoms with E-state index >= 15 is 0 Å². The summed E-state index contributed by atoms with van der Waals surface area (Å²) in [5, 5.41) is 6.31. The molecule has 7 nitrogen and oxygen atoms in total. The summed E-state index contributed by atoms with van der Waals surface area (Å²) in [6.45, 7) is 4.35. The van der Waals surface area contributed by atoms with Crippen molar-refractivity contribution in [2.75, 3.05) is 36.4 Å². The maximum atomic E-state index is 12.3. The van der Waals surface area contributed by atoms with Crippen LogP contribution < -0.4 is 15.5 Å². The Morgan fingerprint density at radius 1 is 1.03 bits per heavy atom. The van der Waals surface area contributed by atoms with Gasteiger partial charge in [0.2, 0.25) is 11.8 Å². The predicted octanol–water partition coefficient (Wildman–Crippen LogP) is 4.79. The Morgan fingerprint density at radius 3 is 2.46 bits per heavy atom. The lowest BCUT2D eigenvalue weighted by atomic mass is 10.2. The lowest BCUT2D eigenvalue weighted by Crippen LogP contribution is -2.48. The summed E-state index contributed by atoms with van der Waals surface area (Å²) >= 11 is 11.8. The number of anilines is 2. The Morgan fingerprint density at radius 2 is 1.77 bits per heavy atom. The van der Waals surface area contributed by atoms with Crippen LogP contribution in [-0.2, 0) is 9.59 Å². The molecule has 2 aromatic carbocycles. The van der Waals surface area contributed by atoms with Crippen molar-refractivity contribution in [1.82, 2.24) is 10.2 Å². The Labute approximate surface area is 214 Å². The molecule has 0 aliphatic carbocycles. The van der Waals surface area contributed by atoms with Crippen molar-refractivity contribution in [3.05, 3.63) is 77.5 Å². The molecule has 3 aromatic rings. The number of benzene rings is 2. The van der Waals surface area contributed by atoms with E-state index in [4.69, 9.17) is 28.2 Å². The minimum Gasteiger partial charge on any atom is -0.457 e. The highest BCUT2D eigenvalue weighted by Crippen LogP contribution is 2.29. The number of nitrogens with one attached hydrogen (secondary N) is 2. The third kappa shape index (κ3) is 6.49. The second-order valence-electron chi connectivity index (χ2n) is 8.00. The second-order valence-corrected chi connectivity index (χ2v) is 8.82. The molecule has 0 radical (unpaired) electrons. The minimum atomic E-state index is -0.383. The molecule has 0 bridgehead atoms. The molecule has 2 N–H and O–H groups in total. The van der Waals surface area contributed by atoms with Gasteiger partial charge in [-0.15, -0.1) is 0 Å². The molecule has 35 heavy (non-hydrogen) atoms. The summed E-state index contributed by atoms with van der Waals surface area (Å²) < 4.78 is 5.76. The van der Waals surface area contributed by atoms with Crippen LogP contribution in [0.25, 0.3) is 17.4 Å². The van der Waals surface area contributed by atoms with Gasteiger partial charge in [0, 0.05) is 50.4 Å². The van der Waals surface area contributed by atoms with E-state index in [0.29, 0.717) is 29.6 Å². The van der Waals surface area contributed by atoms with E-state index in [1.807, 2.05) is 53.4 Å². The van der Waals surface area contributed by atoms with Crippen molar-refractivity contribution in [3.8, 4) is 11.3 Å². The van der Waals surface area contributed by atoms with Gasteiger partial charge in [0.25, 0.3) is 0 Å². The number of hydrogen-bond donors (Lipinski definition) is 2. The number of furan rings is 1. The molecule has 1 aromatic heterocycles. The summed E-state index contributed by atoms with van der Waals surface area (Å²) in [6, 6.07) is 18.9. The van der Waals surface area contributed by atoms with Crippen LogP contribution in [0.4, 0.5) is 11.4 Å². The van der Waals surface area contributed by atoms with Crippen LogP contribution in [0.3, 0.4) is 0 Å². The molecule has 4 rings (SSSR count). The first-order chi connectivity index (χ1) is 16.9. The van der Waals surface area contributed by atoms with Crippen LogP contribution in [0, 0.1) is 0 Å². The van der Waals surface area contributed by atoms with Gasteiger partial charge >= 0.3 is 0 Å². The smallest absolute Gasteiger partial charge is 0.250 e. The van der Waals surface area contributed by atoms with Gasteiger partial charge in [0.05, 0.1) is 10.7 Å². The van der Waals surface area contributed by atoms with Gasteiger partial charge < -0.3 is 19.5 Å². The average Bonchev–Trinajstić information content (AvgIpc) is 3.33. The van der Waals surface area contributed by atoms with Gasteiger partial charge in [-0.25, -0.2) is 0 Å². The topological polar surface area (TPSA) is 77.8 Å². The summed E-state index contributed by atoms with van der Waals surface area (Å²) in [6.07, 6.45) is 2.94. The van der Waals surface area contributed by atoms with E-state index in [9.17, 15) is 9.59 Å². The van der Waals surface area contributed by atoms with Crippen LogP contribution in [0.5, 0.6) is 0 Å². The normalized spacial score (nSPS) is 13.7. The molecular formula is C26H25ClN4O3S. The highest BCUT2D eigenvalue weighted by atomic mass is 35.5. The summed E-state index contributed by atoms with van der Waals surface area (Å²) in [7, 11) is 0. The summed E-state index contributed by atoms with van der Waals surface area (Å²) in [5.74, 6) is 0.987. The molecule has 2 amide bonds. The number of thiocarbonyl (C=S) groups is 1. The SMILES string of the molecule is CC(=O)N1CCN(c2ccc(NC(=S)NC(=O)/C=C/c3ccc(-c4ccccc4)o3)cc2Cl)CC1. The summed E-state index contributed by atoms with van der Waals surface area (Å²) in [4.78, 5) is 27.8. The molecule has 0 unspecified atom stereocenters. The summed E-state index contributed by atoms with van der Waals surface area (Å²) in [5.41, 5.74) is 2.52. The lowest BCUT2D eigenvalue weighted by Gasteiger charge is -2.36. The zero-order chi connectivity index (χ0) is 24.8. The van der Waals surface area contributed by atoms with Crippen molar-refractivity contribution in [2.45, 2.75) is 6.92 Å². The number of hydrogen-bond acceptors (Lipinski definition) is 5. The lowest BCUT2D eigenvalue weighted by molar-refractivity contribution is -0.129. The number of nitrogens with zero attached hydrogens (tertiary/aromatic N) is 2.